The van der Waals surface area contributed by atoms with Crippen LogP contribution in [0.3, 0.4) is 0 Å². The summed E-state index contributed by atoms with van der Waals surface area (Å²) in [5.74, 6) is 1.71. The molecule has 1 aliphatic heterocycles. The van der Waals surface area contributed by atoms with E-state index in [1.54, 1.807) is 0 Å². The molecular formula is C14H23N5O2. The Labute approximate surface area is 124 Å². The summed E-state index contributed by atoms with van der Waals surface area (Å²) in [5.41, 5.74) is 0.0619. The number of anilines is 2. The Morgan fingerprint density at radius 2 is 1.95 bits per heavy atom. The van der Waals surface area contributed by atoms with Crippen LogP contribution in [0.2, 0.25) is 0 Å². The van der Waals surface area contributed by atoms with Crippen LogP contribution in [0, 0.1) is 16.0 Å². The zero-order valence-corrected chi connectivity index (χ0v) is 12.6. The smallest absolute Gasteiger partial charge is 0.276 e. The monoisotopic (exact) mass is 293 g/mol. The number of hydrogen-bond donors (Lipinski definition) is 2. The van der Waals surface area contributed by atoms with Gasteiger partial charge in [-0.2, -0.15) is 0 Å². The molecule has 2 N–H and O–H groups in total. The van der Waals surface area contributed by atoms with Gasteiger partial charge in [-0.1, -0.05) is 0 Å². The van der Waals surface area contributed by atoms with Crippen molar-refractivity contribution in [1.29, 1.82) is 0 Å². The van der Waals surface area contributed by atoms with Crippen LogP contribution in [0.4, 0.5) is 17.3 Å². The van der Waals surface area contributed by atoms with E-state index >= 15 is 0 Å². The Hall–Kier alpha value is -1.89. The van der Waals surface area contributed by atoms with Crippen molar-refractivity contribution < 1.29 is 4.92 Å². The third-order valence-electron chi connectivity index (χ3n) is 3.79. The molecule has 0 radical (unpaired) electrons. The first-order valence-corrected chi connectivity index (χ1v) is 7.41. The second kappa shape index (κ2) is 7.21. The molecule has 0 spiro atoms. The molecule has 0 saturated carbocycles. The molecule has 1 aromatic rings. The summed E-state index contributed by atoms with van der Waals surface area (Å²) in [6.07, 6.45) is 2.30. The van der Waals surface area contributed by atoms with Gasteiger partial charge in [-0.05, 0) is 45.8 Å². The third-order valence-corrected chi connectivity index (χ3v) is 3.79. The fourth-order valence-corrected chi connectivity index (χ4v) is 2.50. The SMILES string of the molecule is CCNc1cc([N+](=O)[O-])cc(NCC2CCN(C)CC2)n1. The van der Waals surface area contributed by atoms with Crippen LogP contribution in [0.25, 0.3) is 0 Å². The Morgan fingerprint density at radius 3 is 2.52 bits per heavy atom. The molecule has 7 heteroatoms. The van der Waals surface area contributed by atoms with E-state index in [0.717, 1.165) is 32.5 Å². The number of likely N-dealkylation sites (tertiary alicyclic amines) is 1. The third kappa shape index (κ3) is 4.56. The van der Waals surface area contributed by atoms with Crippen molar-refractivity contribution in [3.63, 3.8) is 0 Å². The predicted octanol–water partition coefficient (Wildman–Crippen LogP) is 2.18. The molecule has 0 aromatic carbocycles. The van der Waals surface area contributed by atoms with E-state index in [1.165, 1.54) is 12.1 Å². The minimum atomic E-state index is -0.386. The van der Waals surface area contributed by atoms with Gasteiger partial charge < -0.3 is 15.5 Å². The maximum Gasteiger partial charge on any atom is 0.276 e. The van der Waals surface area contributed by atoms with Crippen LogP contribution in [0.1, 0.15) is 19.8 Å². The van der Waals surface area contributed by atoms with Crippen LogP contribution in [0.5, 0.6) is 0 Å². The van der Waals surface area contributed by atoms with Gasteiger partial charge in [0.05, 0.1) is 17.1 Å². The second-order valence-electron chi connectivity index (χ2n) is 5.51. The molecule has 116 valence electrons. The lowest BCUT2D eigenvalue weighted by atomic mass is 9.97. The van der Waals surface area contributed by atoms with Crippen LogP contribution in [-0.2, 0) is 0 Å². The molecule has 1 aromatic heterocycles. The summed E-state index contributed by atoms with van der Waals surface area (Å²) in [4.78, 5) is 17.3. The van der Waals surface area contributed by atoms with Crippen molar-refractivity contribution in [1.82, 2.24) is 9.88 Å². The molecule has 1 aliphatic rings. The van der Waals surface area contributed by atoms with Crippen LogP contribution in [0.15, 0.2) is 12.1 Å². The van der Waals surface area contributed by atoms with E-state index in [0.29, 0.717) is 24.1 Å². The highest BCUT2D eigenvalue weighted by Gasteiger charge is 2.17. The zero-order valence-electron chi connectivity index (χ0n) is 12.6. The summed E-state index contributed by atoms with van der Waals surface area (Å²) < 4.78 is 0. The van der Waals surface area contributed by atoms with Gasteiger partial charge in [0, 0.05) is 13.1 Å². The lowest BCUT2D eigenvalue weighted by Crippen LogP contribution is -2.33. The zero-order chi connectivity index (χ0) is 15.2. The van der Waals surface area contributed by atoms with Crippen molar-refractivity contribution >= 4 is 17.3 Å². The van der Waals surface area contributed by atoms with Gasteiger partial charge in [-0.25, -0.2) is 4.98 Å². The lowest BCUT2D eigenvalue weighted by Gasteiger charge is -2.29. The normalized spacial score (nSPS) is 16.7. The van der Waals surface area contributed by atoms with Gasteiger partial charge >= 0.3 is 0 Å². The van der Waals surface area contributed by atoms with E-state index < -0.39 is 0 Å². The van der Waals surface area contributed by atoms with Gasteiger partial charge in [0.15, 0.2) is 0 Å². The Kier molecular flexibility index (Phi) is 5.32. The molecule has 0 bridgehead atoms. The molecule has 0 atom stereocenters. The number of piperidine rings is 1. The summed E-state index contributed by atoms with van der Waals surface area (Å²) in [6, 6.07) is 2.96. The maximum absolute atomic E-state index is 11.0. The first-order chi connectivity index (χ1) is 10.1. The van der Waals surface area contributed by atoms with Crippen molar-refractivity contribution in [3.8, 4) is 0 Å². The number of rotatable bonds is 6. The number of nitrogens with one attached hydrogen (secondary N) is 2. The van der Waals surface area contributed by atoms with Crippen molar-refractivity contribution in [3.05, 3.63) is 22.2 Å². The fourth-order valence-electron chi connectivity index (χ4n) is 2.50. The van der Waals surface area contributed by atoms with Crippen molar-refractivity contribution in [2.24, 2.45) is 5.92 Å². The fraction of sp³-hybridized carbons (Fsp3) is 0.643. The van der Waals surface area contributed by atoms with Crippen LogP contribution < -0.4 is 10.6 Å². The predicted molar refractivity (Wildman–Crippen MR) is 83.8 cm³/mol. The minimum Gasteiger partial charge on any atom is -0.370 e. The second-order valence-corrected chi connectivity index (χ2v) is 5.51. The Morgan fingerprint density at radius 1 is 1.33 bits per heavy atom. The number of hydrogen-bond acceptors (Lipinski definition) is 6. The first-order valence-electron chi connectivity index (χ1n) is 7.41. The van der Waals surface area contributed by atoms with Crippen LogP contribution >= 0.6 is 0 Å². The van der Waals surface area contributed by atoms with Gasteiger partial charge in [-0.3, -0.25) is 10.1 Å². The molecule has 1 saturated heterocycles. The highest BCUT2D eigenvalue weighted by Crippen LogP contribution is 2.22. The summed E-state index contributed by atoms with van der Waals surface area (Å²) in [5, 5.41) is 17.2. The minimum absolute atomic E-state index is 0.0619. The number of aromatic nitrogens is 1. The molecule has 0 unspecified atom stereocenters. The molecule has 0 aliphatic carbocycles. The quantitative estimate of drug-likeness (QED) is 0.618. The van der Waals surface area contributed by atoms with Crippen molar-refractivity contribution in [2.45, 2.75) is 19.8 Å². The Balaban J connectivity index is 1.99. The standard InChI is InChI=1S/C14H23N5O2/c1-3-15-13-8-12(19(20)21)9-14(17-13)16-10-11-4-6-18(2)7-5-11/h8-9,11H,3-7,10H2,1-2H3,(H2,15,16,17). The highest BCUT2D eigenvalue weighted by molar-refractivity contribution is 5.54. The number of nitrogens with zero attached hydrogens (tertiary/aromatic N) is 3. The molecule has 1 fully saturated rings. The van der Waals surface area contributed by atoms with Gasteiger partial charge in [-0.15, -0.1) is 0 Å². The average molecular weight is 293 g/mol. The van der Waals surface area contributed by atoms with E-state index in [1.807, 2.05) is 6.92 Å². The molecule has 2 heterocycles. The van der Waals surface area contributed by atoms with E-state index in [-0.39, 0.29) is 10.6 Å². The van der Waals surface area contributed by atoms with Crippen LogP contribution in [-0.4, -0.2) is 48.0 Å². The van der Waals surface area contributed by atoms with Gasteiger partial charge in [0.25, 0.3) is 5.69 Å². The molecule has 2 rings (SSSR count). The molecular weight excluding hydrogens is 270 g/mol. The summed E-state index contributed by atoms with van der Waals surface area (Å²) in [7, 11) is 2.13. The van der Waals surface area contributed by atoms with E-state index in [2.05, 4.69) is 27.6 Å². The highest BCUT2D eigenvalue weighted by atomic mass is 16.6. The number of pyridine rings is 1. The summed E-state index contributed by atoms with van der Waals surface area (Å²) >= 11 is 0. The summed E-state index contributed by atoms with van der Waals surface area (Å²) in [6.45, 7) is 5.65. The lowest BCUT2D eigenvalue weighted by molar-refractivity contribution is -0.384. The van der Waals surface area contributed by atoms with Crippen molar-refractivity contribution in [2.75, 3.05) is 43.9 Å². The van der Waals surface area contributed by atoms with E-state index in [4.69, 9.17) is 0 Å². The number of nitro groups is 1. The van der Waals surface area contributed by atoms with Gasteiger partial charge in [0.1, 0.15) is 11.6 Å². The first kappa shape index (κ1) is 15.5. The van der Waals surface area contributed by atoms with Gasteiger partial charge in [0.2, 0.25) is 0 Å². The molecule has 0 amide bonds. The largest absolute Gasteiger partial charge is 0.370 e. The topological polar surface area (TPSA) is 83.3 Å². The average Bonchev–Trinajstić information content (AvgIpc) is 2.47. The molecule has 21 heavy (non-hydrogen) atoms. The maximum atomic E-state index is 11.0. The molecule has 7 nitrogen and oxygen atoms in total. The Bertz CT molecular complexity index is 486. The van der Waals surface area contributed by atoms with E-state index in [9.17, 15) is 10.1 Å².